The first-order valence-electron chi connectivity index (χ1n) is 5.64. The Morgan fingerprint density at radius 1 is 1.25 bits per heavy atom. The first-order chi connectivity index (χ1) is 9.49. The molecule has 0 amide bonds. The predicted molar refractivity (Wildman–Crippen MR) is 76.4 cm³/mol. The maximum absolute atomic E-state index is 13.5. The third-order valence-electron chi connectivity index (χ3n) is 2.62. The van der Waals surface area contributed by atoms with E-state index in [4.69, 9.17) is 33.7 Å². The van der Waals surface area contributed by atoms with Gasteiger partial charge in [-0.05, 0) is 30.3 Å². The fraction of sp³-hybridized carbons (Fsp3) is 0.0714. The Bertz CT molecular complexity index is 641. The molecule has 0 aliphatic heterocycles. The highest BCUT2D eigenvalue weighted by Gasteiger charge is 2.16. The smallest absolute Gasteiger partial charge is 0.342 e. The van der Waals surface area contributed by atoms with Crippen LogP contribution < -0.4 is 5.73 Å². The van der Waals surface area contributed by atoms with Crippen LogP contribution in [-0.2, 0) is 11.3 Å². The molecule has 0 heterocycles. The van der Waals surface area contributed by atoms with E-state index in [1.165, 1.54) is 30.3 Å². The van der Waals surface area contributed by atoms with Crippen LogP contribution in [0, 0.1) is 5.82 Å². The zero-order valence-electron chi connectivity index (χ0n) is 10.2. The van der Waals surface area contributed by atoms with Crippen molar-refractivity contribution < 1.29 is 13.9 Å². The highest BCUT2D eigenvalue weighted by molar-refractivity contribution is 6.34. The van der Waals surface area contributed by atoms with E-state index in [2.05, 4.69) is 0 Å². The molecule has 104 valence electrons. The number of carbonyl (C=O) groups excluding carboxylic acids is 1. The van der Waals surface area contributed by atoms with Gasteiger partial charge in [-0.1, -0.05) is 29.3 Å². The lowest BCUT2D eigenvalue weighted by atomic mass is 10.2. The summed E-state index contributed by atoms with van der Waals surface area (Å²) in [7, 11) is 0. The third kappa shape index (κ3) is 3.21. The van der Waals surface area contributed by atoms with Gasteiger partial charge in [0.15, 0.2) is 0 Å². The van der Waals surface area contributed by atoms with Crippen LogP contribution in [0.5, 0.6) is 0 Å². The van der Waals surface area contributed by atoms with Gasteiger partial charge in [-0.25, -0.2) is 9.18 Å². The van der Waals surface area contributed by atoms with E-state index in [1.54, 1.807) is 6.07 Å². The number of ether oxygens (including phenoxy) is 1. The van der Waals surface area contributed by atoms with E-state index in [1.807, 2.05) is 0 Å². The Kier molecular flexibility index (Phi) is 4.47. The van der Waals surface area contributed by atoms with Crippen molar-refractivity contribution in [3.63, 3.8) is 0 Å². The van der Waals surface area contributed by atoms with Gasteiger partial charge in [0.05, 0.1) is 5.02 Å². The number of carbonyl (C=O) groups is 1. The van der Waals surface area contributed by atoms with Crippen LogP contribution in [-0.4, -0.2) is 5.97 Å². The van der Waals surface area contributed by atoms with Crippen LogP contribution in [0.4, 0.5) is 10.1 Å². The molecular weight excluding hydrogens is 304 g/mol. The summed E-state index contributed by atoms with van der Waals surface area (Å²) in [6.45, 7) is -0.254. The molecule has 2 aromatic rings. The van der Waals surface area contributed by atoms with Crippen molar-refractivity contribution in [3.8, 4) is 0 Å². The highest BCUT2D eigenvalue weighted by Crippen LogP contribution is 2.23. The summed E-state index contributed by atoms with van der Waals surface area (Å²) < 4.78 is 18.5. The molecule has 0 radical (unpaired) electrons. The van der Waals surface area contributed by atoms with Gasteiger partial charge in [-0.2, -0.15) is 0 Å². The van der Waals surface area contributed by atoms with Crippen molar-refractivity contribution >= 4 is 34.9 Å². The minimum absolute atomic E-state index is 0.0663. The molecule has 3 nitrogen and oxygen atoms in total. The zero-order chi connectivity index (χ0) is 14.7. The topological polar surface area (TPSA) is 52.3 Å². The summed E-state index contributed by atoms with van der Waals surface area (Å²) in [6, 6.07) is 8.67. The van der Waals surface area contributed by atoms with Gasteiger partial charge < -0.3 is 10.5 Å². The van der Waals surface area contributed by atoms with Crippen LogP contribution in [0.3, 0.4) is 0 Å². The molecule has 2 rings (SSSR count). The van der Waals surface area contributed by atoms with Crippen molar-refractivity contribution in [2.45, 2.75) is 6.61 Å². The van der Waals surface area contributed by atoms with Crippen LogP contribution in [0.2, 0.25) is 10.0 Å². The van der Waals surface area contributed by atoms with E-state index < -0.39 is 11.8 Å². The SMILES string of the molecule is Nc1cccc(Cl)c1C(=O)OCc1cc(Cl)ccc1F. The van der Waals surface area contributed by atoms with Gasteiger partial charge in [-0.3, -0.25) is 0 Å². The van der Waals surface area contributed by atoms with Crippen LogP contribution >= 0.6 is 23.2 Å². The van der Waals surface area contributed by atoms with Gasteiger partial charge in [-0.15, -0.1) is 0 Å². The second-order valence-corrected chi connectivity index (χ2v) is 4.86. The number of anilines is 1. The Balaban J connectivity index is 2.15. The van der Waals surface area contributed by atoms with Gasteiger partial charge in [0.2, 0.25) is 0 Å². The van der Waals surface area contributed by atoms with E-state index >= 15 is 0 Å². The maximum atomic E-state index is 13.5. The van der Waals surface area contributed by atoms with Crippen molar-refractivity contribution in [2.75, 3.05) is 5.73 Å². The lowest BCUT2D eigenvalue weighted by molar-refractivity contribution is 0.0470. The molecule has 0 atom stereocenters. The molecule has 0 saturated heterocycles. The Labute approximate surface area is 125 Å². The fourth-order valence-corrected chi connectivity index (χ4v) is 2.08. The van der Waals surface area contributed by atoms with Crippen LogP contribution in [0.1, 0.15) is 15.9 Å². The van der Waals surface area contributed by atoms with Crippen LogP contribution in [0.15, 0.2) is 36.4 Å². The Morgan fingerprint density at radius 3 is 2.70 bits per heavy atom. The predicted octanol–water partition coefficient (Wildman–Crippen LogP) is 4.07. The van der Waals surface area contributed by atoms with E-state index in [9.17, 15) is 9.18 Å². The van der Waals surface area contributed by atoms with Gasteiger partial charge >= 0.3 is 5.97 Å². The molecule has 0 saturated carbocycles. The number of halogens is 3. The lowest BCUT2D eigenvalue weighted by Gasteiger charge is -2.09. The molecule has 20 heavy (non-hydrogen) atoms. The molecule has 0 bridgehead atoms. The summed E-state index contributed by atoms with van der Waals surface area (Å²) in [5.74, 6) is -1.22. The summed E-state index contributed by atoms with van der Waals surface area (Å²) in [5, 5.41) is 0.538. The van der Waals surface area contributed by atoms with Gasteiger partial charge in [0, 0.05) is 16.3 Å². The van der Waals surface area contributed by atoms with Gasteiger partial charge in [0.25, 0.3) is 0 Å². The van der Waals surface area contributed by atoms with Crippen molar-refractivity contribution in [2.24, 2.45) is 0 Å². The molecule has 2 aromatic carbocycles. The number of hydrogen-bond acceptors (Lipinski definition) is 3. The summed E-state index contributed by atoms with van der Waals surface area (Å²) in [6.07, 6.45) is 0. The minimum atomic E-state index is -0.715. The maximum Gasteiger partial charge on any atom is 0.342 e. The standard InChI is InChI=1S/C14H10Cl2FNO2/c15-9-4-5-11(17)8(6-9)7-20-14(19)13-10(16)2-1-3-12(13)18/h1-6H,7,18H2. The number of esters is 1. The average Bonchev–Trinajstić information content (AvgIpc) is 2.39. The molecule has 0 aliphatic carbocycles. The fourth-order valence-electron chi connectivity index (χ4n) is 1.63. The summed E-state index contributed by atoms with van der Waals surface area (Å²) in [4.78, 5) is 11.9. The first kappa shape index (κ1) is 14.6. The van der Waals surface area contributed by atoms with Gasteiger partial charge in [0.1, 0.15) is 18.0 Å². The quantitative estimate of drug-likeness (QED) is 0.686. The molecule has 6 heteroatoms. The largest absolute Gasteiger partial charge is 0.457 e. The van der Waals surface area contributed by atoms with E-state index in [0.717, 1.165) is 0 Å². The van der Waals surface area contributed by atoms with Crippen molar-refractivity contribution in [1.82, 2.24) is 0 Å². The van der Waals surface area contributed by atoms with Crippen LogP contribution in [0.25, 0.3) is 0 Å². The molecule has 2 N–H and O–H groups in total. The number of nitrogens with two attached hydrogens (primary N) is 1. The van der Waals surface area contributed by atoms with E-state index in [-0.39, 0.29) is 28.4 Å². The number of hydrogen-bond donors (Lipinski definition) is 1. The summed E-state index contributed by atoms with van der Waals surface area (Å²) in [5.41, 5.74) is 6.11. The average molecular weight is 314 g/mol. The van der Waals surface area contributed by atoms with Crippen molar-refractivity contribution in [3.05, 3.63) is 63.4 Å². The monoisotopic (exact) mass is 313 g/mol. The second-order valence-electron chi connectivity index (χ2n) is 4.02. The molecule has 0 aromatic heterocycles. The lowest BCUT2D eigenvalue weighted by Crippen LogP contribution is -2.09. The number of benzene rings is 2. The molecule has 0 spiro atoms. The van der Waals surface area contributed by atoms with Crippen molar-refractivity contribution in [1.29, 1.82) is 0 Å². The Hall–Kier alpha value is -1.78. The van der Waals surface area contributed by atoms with E-state index in [0.29, 0.717) is 5.02 Å². The highest BCUT2D eigenvalue weighted by atomic mass is 35.5. The Morgan fingerprint density at radius 2 is 2.00 bits per heavy atom. The second kappa shape index (κ2) is 6.11. The normalized spacial score (nSPS) is 10.3. The molecule has 0 aliphatic rings. The minimum Gasteiger partial charge on any atom is -0.457 e. The number of nitrogen functional groups attached to an aromatic ring is 1. The zero-order valence-corrected chi connectivity index (χ0v) is 11.7. The molecular formula is C14H10Cl2FNO2. The summed E-state index contributed by atoms with van der Waals surface area (Å²) >= 11 is 11.6. The number of rotatable bonds is 3. The first-order valence-corrected chi connectivity index (χ1v) is 6.39. The molecule has 0 unspecified atom stereocenters. The molecule has 0 fully saturated rings. The third-order valence-corrected chi connectivity index (χ3v) is 3.17.